The molecule has 0 aromatic rings. The van der Waals surface area contributed by atoms with E-state index >= 15 is 0 Å². The first-order valence-corrected chi connectivity index (χ1v) is 5.72. The van der Waals surface area contributed by atoms with E-state index in [-0.39, 0.29) is 27.5 Å². The summed E-state index contributed by atoms with van der Waals surface area (Å²) in [6.45, 7) is 3.66. The molecule has 0 radical (unpaired) electrons. The molecule has 13 heavy (non-hydrogen) atoms. The van der Waals surface area contributed by atoms with E-state index in [0.717, 1.165) is 0 Å². The number of carbonyl (C=O) groups excluding carboxylic acids is 1. The molecule has 1 unspecified atom stereocenters. The van der Waals surface area contributed by atoms with Crippen LogP contribution >= 0.6 is 0 Å². The Balaban J connectivity index is 2.49. The Kier molecular flexibility index (Phi) is 3.96. The van der Waals surface area contributed by atoms with Crippen molar-refractivity contribution >= 4 is 20.9 Å². The molecule has 0 saturated carbocycles. The van der Waals surface area contributed by atoms with Crippen LogP contribution in [0.2, 0.25) is 0 Å². The summed E-state index contributed by atoms with van der Waals surface area (Å²) in [6.07, 6.45) is 4.71. The van der Waals surface area contributed by atoms with Crippen molar-refractivity contribution in [1.29, 1.82) is 0 Å². The molecule has 70 valence electrons. The minimum absolute atomic E-state index is 0.0583. The maximum absolute atomic E-state index is 11.2. The molecular formula is C9H10O3Se. The molecule has 0 amide bonds. The molecule has 0 aromatic carbocycles. The van der Waals surface area contributed by atoms with E-state index in [1.54, 1.807) is 17.1 Å². The van der Waals surface area contributed by atoms with Crippen molar-refractivity contribution in [2.75, 3.05) is 6.61 Å². The first kappa shape index (κ1) is 10.3. The molecular weight excluding hydrogens is 235 g/mol. The van der Waals surface area contributed by atoms with Gasteiger partial charge in [0.15, 0.2) is 0 Å². The third kappa shape index (κ3) is 3.19. The first-order chi connectivity index (χ1) is 6.24. The second-order valence-corrected chi connectivity index (χ2v) is 4.42. The van der Waals surface area contributed by atoms with Crippen LogP contribution in [-0.4, -0.2) is 37.6 Å². The number of hydrogen-bond donors (Lipinski definition) is 1. The molecule has 1 aliphatic heterocycles. The molecule has 1 heterocycles. The zero-order valence-corrected chi connectivity index (χ0v) is 8.69. The van der Waals surface area contributed by atoms with Crippen LogP contribution in [0.5, 0.6) is 0 Å². The van der Waals surface area contributed by atoms with Gasteiger partial charge >= 0.3 is 82.5 Å². The van der Waals surface area contributed by atoms with E-state index in [2.05, 4.69) is 6.58 Å². The number of ether oxygens (including phenoxy) is 1. The third-order valence-corrected chi connectivity index (χ3v) is 3.08. The standard InChI is InChI=1S/C9H10O3Se/c1-2-5-12-9(11)7-3-4-8(10)13-6-7/h2-4,6,8,10H,1,5H2. The summed E-state index contributed by atoms with van der Waals surface area (Å²) in [7, 11) is 0. The zero-order chi connectivity index (χ0) is 9.68. The van der Waals surface area contributed by atoms with E-state index in [0.29, 0.717) is 5.57 Å². The normalized spacial score (nSPS) is 20.7. The molecule has 1 aliphatic rings. The van der Waals surface area contributed by atoms with Crippen LogP contribution < -0.4 is 0 Å². The van der Waals surface area contributed by atoms with Crippen molar-refractivity contribution in [2.45, 2.75) is 5.00 Å². The zero-order valence-electron chi connectivity index (χ0n) is 6.97. The van der Waals surface area contributed by atoms with Crippen molar-refractivity contribution in [3.8, 4) is 0 Å². The van der Waals surface area contributed by atoms with Gasteiger partial charge < -0.3 is 0 Å². The average Bonchev–Trinajstić information content (AvgIpc) is 2.15. The van der Waals surface area contributed by atoms with Gasteiger partial charge in [-0.2, -0.15) is 0 Å². The van der Waals surface area contributed by atoms with Gasteiger partial charge in [-0.15, -0.1) is 0 Å². The molecule has 4 heteroatoms. The fourth-order valence-electron chi connectivity index (χ4n) is 0.748. The number of esters is 1. The number of rotatable bonds is 3. The summed E-state index contributed by atoms with van der Waals surface area (Å²) in [6, 6.07) is 0. The first-order valence-electron chi connectivity index (χ1n) is 3.74. The van der Waals surface area contributed by atoms with Gasteiger partial charge in [-0.25, -0.2) is 0 Å². The van der Waals surface area contributed by atoms with Crippen LogP contribution in [0, 0.1) is 0 Å². The molecule has 0 spiro atoms. The van der Waals surface area contributed by atoms with E-state index in [1.807, 2.05) is 0 Å². The SMILES string of the molecule is C=CCOC(=O)C1=C[Se]C(O)C=C1. The van der Waals surface area contributed by atoms with Crippen LogP contribution in [0.1, 0.15) is 0 Å². The molecule has 1 rings (SSSR count). The van der Waals surface area contributed by atoms with Gasteiger partial charge in [0.05, 0.1) is 0 Å². The van der Waals surface area contributed by atoms with E-state index < -0.39 is 5.00 Å². The van der Waals surface area contributed by atoms with Crippen molar-refractivity contribution in [3.05, 3.63) is 35.4 Å². The van der Waals surface area contributed by atoms with Crippen LogP contribution in [-0.2, 0) is 9.53 Å². The average molecular weight is 245 g/mol. The van der Waals surface area contributed by atoms with Crippen LogP contribution in [0.15, 0.2) is 35.4 Å². The quantitative estimate of drug-likeness (QED) is 0.438. The Bertz CT molecular complexity index is 268. The number of aliphatic hydroxyl groups excluding tert-OH is 1. The summed E-state index contributed by atoms with van der Waals surface area (Å²) < 4.78 is 4.82. The number of hydrogen-bond acceptors (Lipinski definition) is 3. The van der Waals surface area contributed by atoms with Gasteiger partial charge in [0, 0.05) is 0 Å². The monoisotopic (exact) mass is 246 g/mol. The minimum atomic E-state index is -0.413. The molecule has 0 aliphatic carbocycles. The number of carbonyl (C=O) groups is 1. The van der Waals surface area contributed by atoms with E-state index in [9.17, 15) is 4.79 Å². The van der Waals surface area contributed by atoms with Gasteiger partial charge in [-0.3, -0.25) is 0 Å². The summed E-state index contributed by atoms with van der Waals surface area (Å²) in [5, 5.41) is 8.70. The fourth-order valence-corrected chi connectivity index (χ4v) is 2.07. The van der Waals surface area contributed by atoms with Crippen molar-refractivity contribution in [3.63, 3.8) is 0 Å². The Labute approximate surface area is 82.9 Å². The molecule has 3 nitrogen and oxygen atoms in total. The number of aliphatic hydroxyl groups is 1. The second-order valence-electron chi connectivity index (χ2n) is 2.35. The topological polar surface area (TPSA) is 46.5 Å². The van der Waals surface area contributed by atoms with Crippen LogP contribution in [0.25, 0.3) is 0 Å². The van der Waals surface area contributed by atoms with Gasteiger partial charge in [0.25, 0.3) is 0 Å². The Morgan fingerprint density at radius 2 is 2.62 bits per heavy atom. The predicted octanol–water partition coefficient (Wildman–Crippen LogP) is 0.192. The van der Waals surface area contributed by atoms with Crippen LogP contribution in [0.3, 0.4) is 0 Å². The summed E-state index contributed by atoms with van der Waals surface area (Å²) in [5.41, 5.74) is 0.521. The summed E-state index contributed by atoms with van der Waals surface area (Å²) >= 11 is -0.0583. The molecule has 0 aromatic heterocycles. The maximum atomic E-state index is 11.2. The van der Waals surface area contributed by atoms with Crippen molar-refractivity contribution in [1.82, 2.24) is 0 Å². The Morgan fingerprint density at radius 3 is 3.15 bits per heavy atom. The fraction of sp³-hybridized carbons (Fsp3) is 0.222. The second kappa shape index (κ2) is 5.02. The Morgan fingerprint density at radius 1 is 1.85 bits per heavy atom. The van der Waals surface area contributed by atoms with Crippen molar-refractivity contribution in [2.24, 2.45) is 0 Å². The van der Waals surface area contributed by atoms with Gasteiger partial charge in [0.1, 0.15) is 0 Å². The predicted molar refractivity (Wildman–Crippen MR) is 50.1 cm³/mol. The molecule has 1 N–H and O–H groups in total. The molecule has 0 saturated heterocycles. The van der Waals surface area contributed by atoms with Crippen molar-refractivity contribution < 1.29 is 14.6 Å². The third-order valence-electron chi connectivity index (χ3n) is 1.34. The molecule has 0 bridgehead atoms. The molecule has 1 atom stereocenters. The molecule has 0 fully saturated rings. The van der Waals surface area contributed by atoms with E-state index in [1.165, 1.54) is 6.08 Å². The van der Waals surface area contributed by atoms with Gasteiger partial charge in [-0.1, -0.05) is 0 Å². The van der Waals surface area contributed by atoms with Gasteiger partial charge in [0.2, 0.25) is 0 Å². The van der Waals surface area contributed by atoms with E-state index in [4.69, 9.17) is 9.84 Å². The summed E-state index contributed by atoms with van der Waals surface area (Å²) in [4.78, 5) is 12.9. The van der Waals surface area contributed by atoms with Gasteiger partial charge in [-0.05, 0) is 0 Å². The summed E-state index contributed by atoms with van der Waals surface area (Å²) in [5.74, 6) is -0.357. The Hall–Kier alpha value is -0.831. The van der Waals surface area contributed by atoms with Crippen LogP contribution in [0.4, 0.5) is 0 Å².